The maximum Gasteiger partial charge on any atom is 0.157 e. The summed E-state index contributed by atoms with van der Waals surface area (Å²) in [5.74, 6) is 1.54. The first-order valence-electron chi connectivity index (χ1n) is 11.4. The fraction of sp³-hybridized carbons (Fsp3) is 0.520. The van der Waals surface area contributed by atoms with E-state index in [1.807, 2.05) is 43.3 Å². The first-order valence-corrected chi connectivity index (χ1v) is 11.8. The lowest BCUT2D eigenvalue weighted by atomic mass is 10.0. The minimum atomic E-state index is -0.563. The number of rotatable bonds is 10. The lowest BCUT2D eigenvalue weighted by Gasteiger charge is -2.36. The Hall–Kier alpha value is -2.35. The number of piperazine rings is 1. The minimum absolute atomic E-state index is 0.161. The van der Waals surface area contributed by atoms with E-state index in [9.17, 15) is 10.2 Å². The predicted octanol–water partition coefficient (Wildman–Crippen LogP) is 4.15. The van der Waals surface area contributed by atoms with Crippen molar-refractivity contribution in [1.29, 1.82) is 0 Å². The fourth-order valence-corrected chi connectivity index (χ4v) is 4.53. The van der Waals surface area contributed by atoms with Crippen LogP contribution in [0.15, 0.2) is 30.3 Å². The molecule has 8 heteroatoms. The summed E-state index contributed by atoms with van der Waals surface area (Å²) in [5.41, 5.74) is 2.47. The molecule has 1 aliphatic rings. The second-order valence-corrected chi connectivity index (χ2v) is 9.02. The SMILES string of the molecule is COc1cc(C(O)CCCCN2CCN(c3cccc(Cl)c3O)CC2)cc(OC)c1N(C)C. The molecule has 0 amide bonds. The molecule has 0 aromatic heterocycles. The highest BCUT2D eigenvalue weighted by Gasteiger charge is 2.21. The van der Waals surface area contributed by atoms with Gasteiger partial charge in [0.25, 0.3) is 0 Å². The summed E-state index contributed by atoms with van der Waals surface area (Å²) in [4.78, 5) is 6.56. The molecule has 7 nitrogen and oxygen atoms in total. The molecular formula is C25H36ClN3O4. The molecule has 1 saturated heterocycles. The Balaban J connectivity index is 1.46. The number of halogens is 1. The third-order valence-corrected chi connectivity index (χ3v) is 6.52. The fourth-order valence-electron chi connectivity index (χ4n) is 4.36. The number of unbranched alkanes of at least 4 members (excludes halogenated alkanes) is 1. The maximum atomic E-state index is 10.8. The van der Waals surface area contributed by atoms with Crippen molar-refractivity contribution in [2.45, 2.75) is 25.4 Å². The average Bonchev–Trinajstić information content (AvgIpc) is 2.82. The van der Waals surface area contributed by atoms with Crippen molar-refractivity contribution in [3.8, 4) is 17.2 Å². The van der Waals surface area contributed by atoms with Gasteiger partial charge in [0.15, 0.2) is 5.75 Å². The van der Waals surface area contributed by atoms with Gasteiger partial charge >= 0.3 is 0 Å². The number of ether oxygens (including phenoxy) is 2. The van der Waals surface area contributed by atoms with E-state index in [2.05, 4.69) is 9.80 Å². The molecule has 1 heterocycles. The second-order valence-electron chi connectivity index (χ2n) is 8.62. The molecule has 1 aliphatic heterocycles. The van der Waals surface area contributed by atoms with E-state index < -0.39 is 6.10 Å². The standard InChI is InChI=1S/C25H36ClN3O4/c1-27(2)24-22(32-3)16-18(17-23(24)33-4)21(30)10-5-6-11-28-12-14-29(15-13-28)20-9-7-8-19(26)25(20)31/h7-9,16-17,21,30-31H,5-6,10-15H2,1-4H3. The van der Waals surface area contributed by atoms with E-state index in [1.165, 1.54) is 0 Å². The molecule has 2 aromatic carbocycles. The van der Waals surface area contributed by atoms with Gasteiger partial charge in [-0.25, -0.2) is 0 Å². The number of phenolic OH excluding ortho intramolecular Hbond substituents is 1. The molecule has 33 heavy (non-hydrogen) atoms. The lowest BCUT2D eigenvalue weighted by Crippen LogP contribution is -2.46. The van der Waals surface area contributed by atoms with Crippen molar-refractivity contribution in [2.24, 2.45) is 0 Å². The Morgan fingerprint density at radius 1 is 1.03 bits per heavy atom. The molecule has 0 aliphatic carbocycles. The topological polar surface area (TPSA) is 68.6 Å². The summed E-state index contributed by atoms with van der Waals surface area (Å²) in [7, 11) is 7.14. The quantitative estimate of drug-likeness (QED) is 0.498. The number of aliphatic hydroxyl groups is 1. The predicted molar refractivity (Wildman–Crippen MR) is 134 cm³/mol. The van der Waals surface area contributed by atoms with Crippen molar-refractivity contribution in [1.82, 2.24) is 4.90 Å². The highest BCUT2D eigenvalue weighted by atomic mass is 35.5. The molecule has 0 radical (unpaired) electrons. The zero-order chi connectivity index (χ0) is 24.0. The van der Waals surface area contributed by atoms with Crippen LogP contribution >= 0.6 is 11.6 Å². The van der Waals surface area contributed by atoms with E-state index >= 15 is 0 Å². The Morgan fingerprint density at radius 2 is 1.67 bits per heavy atom. The Bertz CT molecular complexity index is 892. The van der Waals surface area contributed by atoms with Gasteiger partial charge in [0.2, 0.25) is 0 Å². The van der Waals surface area contributed by atoms with Crippen LogP contribution in [0.1, 0.15) is 30.9 Å². The Kier molecular flexibility index (Phi) is 8.95. The van der Waals surface area contributed by atoms with E-state index in [1.54, 1.807) is 20.3 Å². The molecule has 0 spiro atoms. The van der Waals surface area contributed by atoms with Gasteiger partial charge < -0.3 is 29.5 Å². The van der Waals surface area contributed by atoms with Gasteiger partial charge in [-0.15, -0.1) is 0 Å². The summed E-state index contributed by atoms with van der Waals surface area (Å²) in [6, 6.07) is 9.27. The van der Waals surface area contributed by atoms with Crippen LogP contribution in [-0.4, -0.2) is 76.2 Å². The van der Waals surface area contributed by atoms with Crippen molar-refractivity contribution in [2.75, 3.05) is 70.8 Å². The molecule has 1 fully saturated rings. The number of methoxy groups -OCH3 is 2. The van der Waals surface area contributed by atoms with Gasteiger partial charge in [-0.3, -0.25) is 4.90 Å². The molecule has 3 rings (SSSR count). The zero-order valence-corrected chi connectivity index (χ0v) is 20.8. The largest absolute Gasteiger partial charge is 0.504 e. The van der Waals surface area contributed by atoms with E-state index in [0.717, 1.165) is 62.5 Å². The van der Waals surface area contributed by atoms with Gasteiger partial charge in [0, 0.05) is 40.3 Å². The van der Waals surface area contributed by atoms with Crippen molar-refractivity contribution in [3.05, 3.63) is 40.9 Å². The summed E-state index contributed by atoms with van der Waals surface area (Å²) in [6.07, 6.45) is 2.07. The monoisotopic (exact) mass is 477 g/mol. The smallest absolute Gasteiger partial charge is 0.157 e. The van der Waals surface area contributed by atoms with Crippen molar-refractivity contribution >= 4 is 23.0 Å². The van der Waals surface area contributed by atoms with Gasteiger partial charge in [0.05, 0.1) is 31.0 Å². The third kappa shape index (κ3) is 6.16. The van der Waals surface area contributed by atoms with Crippen molar-refractivity contribution in [3.63, 3.8) is 0 Å². The van der Waals surface area contributed by atoms with Crippen LogP contribution in [0.25, 0.3) is 0 Å². The van der Waals surface area contributed by atoms with Crippen LogP contribution in [0.4, 0.5) is 11.4 Å². The van der Waals surface area contributed by atoms with Crippen LogP contribution in [-0.2, 0) is 0 Å². The normalized spacial score (nSPS) is 15.4. The number of phenols is 1. The van der Waals surface area contributed by atoms with Crippen LogP contribution in [0, 0.1) is 0 Å². The molecule has 2 N–H and O–H groups in total. The molecular weight excluding hydrogens is 442 g/mol. The van der Waals surface area contributed by atoms with Gasteiger partial charge in [-0.1, -0.05) is 17.7 Å². The van der Waals surface area contributed by atoms with Crippen LogP contribution in [0.3, 0.4) is 0 Å². The van der Waals surface area contributed by atoms with Crippen molar-refractivity contribution < 1.29 is 19.7 Å². The van der Waals surface area contributed by atoms with Crippen LogP contribution in [0.2, 0.25) is 5.02 Å². The number of hydrogen-bond donors (Lipinski definition) is 2. The van der Waals surface area contributed by atoms with Crippen LogP contribution < -0.4 is 19.3 Å². The molecule has 182 valence electrons. The van der Waals surface area contributed by atoms with Gasteiger partial charge in [-0.05, 0) is 55.6 Å². The number of anilines is 2. The first-order chi connectivity index (χ1) is 15.8. The number of hydrogen-bond acceptors (Lipinski definition) is 7. The lowest BCUT2D eigenvalue weighted by molar-refractivity contribution is 0.159. The molecule has 0 bridgehead atoms. The minimum Gasteiger partial charge on any atom is -0.504 e. The molecule has 1 unspecified atom stereocenters. The molecule has 0 saturated carbocycles. The Morgan fingerprint density at radius 3 is 2.24 bits per heavy atom. The third-order valence-electron chi connectivity index (χ3n) is 6.21. The number of benzene rings is 2. The summed E-state index contributed by atoms with van der Waals surface area (Å²) >= 11 is 6.05. The van der Waals surface area contributed by atoms with E-state index in [-0.39, 0.29) is 5.75 Å². The summed E-state index contributed by atoms with van der Waals surface area (Å²) in [5, 5.41) is 21.4. The molecule has 2 aromatic rings. The van der Waals surface area contributed by atoms with E-state index in [0.29, 0.717) is 22.9 Å². The van der Waals surface area contributed by atoms with Gasteiger partial charge in [-0.2, -0.15) is 0 Å². The number of aliphatic hydroxyl groups excluding tert-OH is 1. The first kappa shape index (κ1) is 25.3. The highest BCUT2D eigenvalue weighted by molar-refractivity contribution is 6.32. The summed E-state index contributed by atoms with van der Waals surface area (Å²) in [6.45, 7) is 4.58. The highest BCUT2D eigenvalue weighted by Crippen LogP contribution is 2.40. The van der Waals surface area contributed by atoms with Gasteiger partial charge in [0.1, 0.15) is 17.2 Å². The summed E-state index contributed by atoms with van der Waals surface area (Å²) < 4.78 is 11.1. The molecule has 1 atom stereocenters. The zero-order valence-electron chi connectivity index (χ0n) is 20.1. The number of nitrogens with zero attached hydrogens (tertiary/aromatic N) is 3. The second kappa shape index (κ2) is 11.7. The Labute approximate surface area is 202 Å². The van der Waals surface area contributed by atoms with E-state index in [4.69, 9.17) is 21.1 Å². The maximum absolute atomic E-state index is 10.8. The number of aromatic hydroxyl groups is 1. The average molecular weight is 478 g/mol. The van der Waals surface area contributed by atoms with Crippen LogP contribution in [0.5, 0.6) is 17.2 Å². The number of para-hydroxylation sites is 1.